The van der Waals surface area contributed by atoms with E-state index < -0.39 is 0 Å². The topological polar surface area (TPSA) is 39.1 Å². The number of para-hydroxylation sites is 1. The van der Waals surface area contributed by atoms with Crippen LogP contribution >= 0.6 is 0 Å². The number of rotatable bonds is 4. The normalized spacial score (nSPS) is 19.6. The van der Waals surface area contributed by atoms with Crippen LogP contribution in [0.25, 0.3) is 0 Å². The van der Waals surface area contributed by atoms with Crippen molar-refractivity contribution in [2.45, 2.75) is 38.6 Å². The number of benzene rings is 1. The van der Waals surface area contributed by atoms with Crippen molar-refractivity contribution in [2.75, 3.05) is 24.5 Å². The second-order valence-corrected chi connectivity index (χ2v) is 6.16. The van der Waals surface area contributed by atoms with Crippen LogP contribution in [0.3, 0.4) is 0 Å². The van der Waals surface area contributed by atoms with Crippen LogP contribution in [0.5, 0.6) is 0 Å². The van der Waals surface area contributed by atoms with Crippen molar-refractivity contribution >= 4 is 5.69 Å². The molecule has 0 spiro atoms. The number of nitrogens with zero attached hydrogens (tertiary/aromatic N) is 2. The van der Waals surface area contributed by atoms with E-state index in [1.54, 1.807) is 0 Å². The van der Waals surface area contributed by atoms with E-state index in [1.165, 1.54) is 36.9 Å². The summed E-state index contributed by atoms with van der Waals surface area (Å²) in [7, 11) is 0. The first-order chi connectivity index (χ1) is 9.79. The first-order valence-corrected chi connectivity index (χ1v) is 7.76. The summed E-state index contributed by atoms with van der Waals surface area (Å²) in [5.74, 6) is 0.767. The maximum atomic E-state index is 9.41. The Bertz CT molecular complexity index is 507. The van der Waals surface area contributed by atoms with Gasteiger partial charge in [-0.25, -0.2) is 0 Å². The summed E-state index contributed by atoms with van der Waals surface area (Å²) in [6.07, 6.45) is 5.09. The first-order valence-electron chi connectivity index (χ1n) is 7.76. The molecule has 0 amide bonds. The number of piperidine rings is 1. The lowest BCUT2D eigenvalue weighted by molar-refractivity contribution is 0.372. The van der Waals surface area contributed by atoms with Crippen molar-refractivity contribution in [1.82, 2.24) is 5.32 Å². The Labute approximate surface area is 121 Å². The highest BCUT2D eigenvalue weighted by molar-refractivity contribution is 5.65. The molecule has 3 heteroatoms. The van der Waals surface area contributed by atoms with E-state index in [2.05, 4.69) is 29.3 Å². The lowest BCUT2D eigenvalue weighted by atomic mass is 9.96. The second kappa shape index (κ2) is 5.85. The molecule has 0 unspecified atom stereocenters. The maximum Gasteiger partial charge on any atom is 0.101 e. The molecule has 2 aliphatic rings. The van der Waals surface area contributed by atoms with Crippen LogP contribution < -0.4 is 10.2 Å². The number of hydrogen-bond donors (Lipinski definition) is 1. The van der Waals surface area contributed by atoms with Crippen molar-refractivity contribution in [3.8, 4) is 6.07 Å². The van der Waals surface area contributed by atoms with Gasteiger partial charge >= 0.3 is 0 Å². The van der Waals surface area contributed by atoms with Gasteiger partial charge in [-0.2, -0.15) is 5.26 Å². The van der Waals surface area contributed by atoms with Crippen molar-refractivity contribution < 1.29 is 0 Å². The molecule has 1 saturated carbocycles. The SMILES string of the molecule is Cc1cccc(C#N)c1N(CC1CCNCC1)C1CC1. The second-order valence-electron chi connectivity index (χ2n) is 6.16. The fourth-order valence-corrected chi connectivity index (χ4v) is 3.28. The summed E-state index contributed by atoms with van der Waals surface area (Å²) in [5, 5.41) is 12.8. The molecule has 1 saturated heterocycles. The van der Waals surface area contributed by atoms with E-state index in [4.69, 9.17) is 0 Å². The summed E-state index contributed by atoms with van der Waals surface area (Å²) in [6, 6.07) is 9.13. The molecule has 1 N–H and O–H groups in total. The molecule has 3 rings (SSSR count). The van der Waals surface area contributed by atoms with Gasteiger partial charge in [-0.05, 0) is 63.2 Å². The van der Waals surface area contributed by atoms with E-state index in [1.807, 2.05) is 12.1 Å². The maximum absolute atomic E-state index is 9.41. The van der Waals surface area contributed by atoms with Crippen LogP contribution in [0.15, 0.2) is 18.2 Å². The van der Waals surface area contributed by atoms with Gasteiger partial charge in [-0.15, -0.1) is 0 Å². The van der Waals surface area contributed by atoms with Gasteiger partial charge in [-0.3, -0.25) is 0 Å². The smallest absolute Gasteiger partial charge is 0.101 e. The van der Waals surface area contributed by atoms with Gasteiger partial charge < -0.3 is 10.2 Å². The number of anilines is 1. The minimum atomic E-state index is 0.665. The van der Waals surface area contributed by atoms with E-state index in [9.17, 15) is 5.26 Å². The molecule has 0 radical (unpaired) electrons. The Morgan fingerprint density at radius 1 is 1.25 bits per heavy atom. The lowest BCUT2D eigenvalue weighted by Gasteiger charge is -2.33. The van der Waals surface area contributed by atoms with Crippen LogP contribution in [0.2, 0.25) is 0 Å². The zero-order chi connectivity index (χ0) is 13.9. The molecule has 1 aromatic rings. The zero-order valence-electron chi connectivity index (χ0n) is 12.2. The fraction of sp³-hybridized carbons (Fsp3) is 0.588. The largest absolute Gasteiger partial charge is 0.367 e. The average molecular weight is 269 g/mol. The molecule has 0 atom stereocenters. The third-order valence-electron chi connectivity index (χ3n) is 4.55. The van der Waals surface area contributed by atoms with Crippen LogP contribution in [0.1, 0.15) is 36.8 Å². The molecule has 1 aliphatic heterocycles. The molecule has 2 fully saturated rings. The molecule has 3 nitrogen and oxygen atoms in total. The fourth-order valence-electron chi connectivity index (χ4n) is 3.28. The molecule has 106 valence electrons. The van der Waals surface area contributed by atoms with E-state index in [-0.39, 0.29) is 0 Å². The van der Waals surface area contributed by atoms with E-state index in [0.29, 0.717) is 6.04 Å². The highest BCUT2D eigenvalue weighted by Gasteiger charge is 2.33. The molecule has 1 aliphatic carbocycles. The quantitative estimate of drug-likeness (QED) is 0.913. The van der Waals surface area contributed by atoms with Gasteiger partial charge in [0.05, 0.1) is 11.3 Å². The van der Waals surface area contributed by atoms with Gasteiger partial charge in [0.15, 0.2) is 0 Å². The first kappa shape index (κ1) is 13.5. The number of aryl methyl sites for hydroxylation is 1. The summed E-state index contributed by atoms with van der Waals surface area (Å²) >= 11 is 0. The van der Waals surface area contributed by atoms with E-state index >= 15 is 0 Å². The average Bonchev–Trinajstić information content (AvgIpc) is 3.30. The summed E-state index contributed by atoms with van der Waals surface area (Å²) in [4.78, 5) is 2.53. The van der Waals surface area contributed by atoms with Gasteiger partial charge in [0.1, 0.15) is 6.07 Å². The van der Waals surface area contributed by atoms with Crippen LogP contribution in [-0.2, 0) is 0 Å². The Hall–Kier alpha value is -1.53. The predicted octanol–water partition coefficient (Wildman–Crippen LogP) is 2.84. The lowest BCUT2D eigenvalue weighted by Crippen LogP contribution is -2.38. The third kappa shape index (κ3) is 2.81. The van der Waals surface area contributed by atoms with Crippen molar-refractivity contribution in [3.05, 3.63) is 29.3 Å². The molecule has 1 aromatic carbocycles. The Morgan fingerprint density at radius 3 is 2.65 bits per heavy atom. The highest BCUT2D eigenvalue weighted by Crippen LogP contribution is 2.36. The van der Waals surface area contributed by atoms with Crippen LogP contribution in [0, 0.1) is 24.2 Å². The minimum absolute atomic E-state index is 0.665. The molecule has 1 heterocycles. The van der Waals surface area contributed by atoms with Gasteiger partial charge in [0.25, 0.3) is 0 Å². The molecule has 0 bridgehead atoms. The van der Waals surface area contributed by atoms with Crippen LogP contribution in [0.4, 0.5) is 5.69 Å². The van der Waals surface area contributed by atoms with Crippen molar-refractivity contribution in [1.29, 1.82) is 5.26 Å². The summed E-state index contributed by atoms with van der Waals surface area (Å²) in [6.45, 7) is 5.53. The van der Waals surface area contributed by atoms with Crippen LogP contribution in [-0.4, -0.2) is 25.7 Å². The van der Waals surface area contributed by atoms with Gasteiger partial charge in [0, 0.05) is 12.6 Å². The minimum Gasteiger partial charge on any atom is -0.367 e. The van der Waals surface area contributed by atoms with Crippen molar-refractivity contribution in [3.63, 3.8) is 0 Å². The summed E-state index contributed by atoms with van der Waals surface area (Å²) < 4.78 is 0. The predicted molar refractivity (Wildman–Crippen MR) is 81.9 cm³/mol. The molecule has 0 aromatic heterocycles. The standard InChI is InChI=1S/C17H23N3/c1-13-3-2-4-15(11-18)17(13)20(16-5-6-16)12-14-7-9-19-10-8-14/h2-4,14,16,19H,5-10,12H2,1H3. The summed E-state index contributed by atoms with van der Waals surface area (Å²) in [5.41, 5.74) is 3.27. The Kier molecular flexibility index (Phi) is 3.93. The Balaban J connectivity index is 1.85. The third-order valence-corrected chi connectivity index (χ3v) is 4.55. The zero-order valence-corrected chi connectivity index (χ0v) is 12.2. The van der Waals surface area contributed by atoms with Gasteiger partial charge in [-0.1, -0.05) is 12.1 Å². The monoisotopic (exact) mass is 269 g/mol. The molecular weight excluding hydrogens is 246 g/mol. The van der Waals surface area contributed by atoms with E-state index in [0.717, 1.165) is 31.1 Å². The highest BCUT2D eigenvalue weighted by atomic mass is 15.2. The molecule has 20 heavy (non-hydrogen) atoms. The van der Waals surface area contributed by atoms with Gasteiger partial charge in [0.2, 0.25) is 0 Å². The Morgan fingerprint density at radius 2 is 2.00 bits per heavy atom. The number of nitriles is 1. The number of hydrogen-bond acceptors (Lipinski definition) is 3. The number of nitrogens with one attached hydrogen (secondary N) is 1. The van der Waals surface area contributed by atoms with Crippen molar-refractivity contribution in [2.24, 2.45) is 5.92 Å². The molecular formula is C17H23N3.